The number of amides is 1. The number of halogens is 1. The molecule has 1 aliphatic heterocycles. The van der Waals surface area contributed by atoms with Crippen molar-refractivity contribution in [2.45, 2.75) is 37.1 Å². The van der Waals surface area contributed by atoms with Crippen LogP contribution in [0.4, 0.5) is 0 Å². The SMILES string of the molecule is CS(=O)(=O)NC1CCCN(C(=O)C2(c3cccc(Br)c3)CC2)C1. The van der Waals surface area contributed by atoms with E-state index in [2.05, 4.69) is 20.7 Å². The minimum Gasteiger partial charge on any atom is -0.340 e. The Morgan fingerprint density at radius 3 is 2.74 bits per heavy atom. The van der Waals surface area contributed by atoms with Crippen molar-refractivity contribution >= 4 is 31.9 Å². The Balaban J connectivity index is 1.75. The minimum absolute atomic E-state index is 0.135. The van der Waals surface area contributed by atoms with Crippen LogP contribution in [0.1, 0.15) is 31.2 Å². The van der Waals surface area contributed by atoms with E-state index in [4.69, 9.17) is 0 Å². The molecule has 0 bridgehead atoms. The average Bonchev–Trinajstić information content (AvgIpc) is 3.26. The van der Waals surface area contributed by atoms with Crippen LogP contribution < -0.4 is 4.72 Å². The van der Waals surface area contributed by atoms with Crippen molar-refractivity contribution in [1.82, 2.24) is 9.62 Å². The number of piperidine rings is 1. The Hall–Kier alpha value is -0.920. The zero-order valence-corrected chi connectivity index (χ0v) is 15.5. The van der Waals surface area contributed by atoms with Gasteiger partial charge < -0.3 is 4.90 Å². The van der Waals surface area contributed by atoms with Crippen LogP contribution >= 0.6 is 15.9 Å². The van der Waals surface area contributed by atoms with Crippen LogP contribution in [0.15, 0.2) is 28.7 Å². The predicted octanol–water partition coefficient (Wildman–Crippen LogP) is 2.02. The van der Waals surface area contributed by atoms with E-state index in [9.17, 15) is 13.2 Å². The second kappa shape index (κ2) is 6.18. The first-order valence-electron chi connectivity index (χ1n) is 7.83. The largest absolute Gasteiger partial charge is 0.340 e. The monoisotopic (exact) mass is 400 g/mol. The Morgan fingerprint density at radius 1 is 1.39 bits per heavy atom. The van der Waals surface area contributed by atoms with Crippen LogP contribution in [0.2, 0.25) is 0 Å². The molecule has 0 radical (unpaired) electrons. The van der Waals surface area contributed by atoms with Gasteiger partial charge in [-0.25, -0.2) is 13.1 Å². The number of nitrogens with one attached hydrogen (secondary N) is 1. The Morgan fingerprint density at radius 2 is 2.13 bits per heavy atom. The van der Waals surface area contributed by atoms with E-state index in [1.54, 1.807) is 0 Å². The van der Waals surface area contributed by atoms with Gasteiger partial charge in [0, 0.05) is 23.6 Å². The van der Waals surface area contributed by atoms with Gasteiger partial charge in [0.15, 0.2) is 0 Å². The smallest absolute Gasteiger partial charge is 0.233 e. The van der Waals surface area contributed by atoms with Gasteiger partial charge in [0.2, 0.25) is 15.9 Å². The van der Waals surface area contributed by atoms with E-state index < -0.39 is 15.4 Å². The second-order valence-electron chi connectivity index (χ2n) is 6.57. The quantitative estimate of drug-likeness (QED) is 0.840. The zero-order valence-electron chi connectivity index (χ0n) is 13.1. The third-order valence-corrected chi connectivity index (χ3v) is 5.88. The van der Waals surface area contributed by atoms with Crippen LogP contribution in [0.5, 0.6) is 0 Å². The minimum atomic E-state index is -3.24. The molecular formula is C16H21BrN2O3S. The number of nitrogens with zero attached hydrogens (tertiary/aromatic N) is 1. The third kappa shape index (κ3) is 3.78. The summed E-state index contributed by atoms with van der Waals surface area (Å²) in [5.74, 6) is 0.135. The van der Waals surface area contributed by atoms with E-state index in [1.807, 2.05) is 29.2 Å². The van der Waals surface area contributed by atoms with Crippen molar-refractivity contribution < 1.29 is 13.2 Å². The highest BCUT2D eigenvalue weighted by atomic mass is 79.9. The van der Waals surface area contributed by atoms with Crippen molar-refractivity contribution in [3.8, 4) is 0 Å². The first-order valence-corrected chi connectivity index (χ1v) is 10.5. The first kappa shape index (κ1) is 16.9. The molecule has 1 heterocycles. The highest BCUT2D eigenvalue weighted by Crippen LogP contribution is 2.50. The van der Waals surface area contributed by atoms with Gasteiger partial charge in [0.1, 0.15) is 0 Å². The topological polar surface area (TPSA) is 66.5 Å². The van der Waals surface area contributed by atoms with E-state index in [1.165, 1.54) is 0 Å². The molecular weight excluding hydrogens is 380 g/mol. The van der Waals surface area contributed by atoms with E-state index >= 15 is 0 Å². The maximum absolute atomic E-state index is 13.0. The number of hydrogen-bond acceptors (Lipinski definition) is 3. The molecule has 7 heteroatoms. The number of carbonyl (C=O) groups is 1. The summed E-state index contributed by atoms with van der Waals surface area (Å²) >= 11 is 3.47. The summed E-state index contributed by atoms with van der Waals surface area (Å²) in [4.78, 5) is 14.9. The molecule has 0 aromatic heterocycles. The molecule has 1 aliphatic carbocycles. The molecule has 1 atom stereocenters. The standard InChI is InChI=1S/C16H21BrN2O3S/c1-23(21,22)18-14-6-3-9-19(11-14)15(20)16(7-8-16)12-4-2-5-13(17)10-12/h2,4-5,10,14,18H,3,6-9,11H2,1H3. The van der Waals surface area contributed by atoms with Gasteiger partial charge in [-0.3, -0.25) is 4.79 Å². The van der Waals surface area contributed by atoms with Crippen LogP contribution in [-0.2, 0) is 20.2 Å². The van der Waals surface area contributed by atoms with Gasteiger partial charge in [0.25, 0.3) is 0 Å². The molecule has 5 nitrogen and oxygen atoms in total. The fourth-order valence-corrected chi connectivity index (χ4v) is 4.60. The number of sulfonamides is 1. The average molecular weight is 401 g/mol. The zero-order chi connectivity index (χ0) is 16.7. The van der Waals surface area contributed by atoms with Gasteiger partial charge in [-0.15, -0.1) is 0 Å². The molecule has 1 aromatic rings. The molecule has 1 amide bonds. The first-order chi connectivity index (χ1) is 10.8. The van der Waals surface area contributed by atoms with Crippen molar-refractivity contribution in [2.75, 3.05) is 19.3 Å². The summed E-state index contributed by atoms with van der Waals surface area (Å²) in [6, 6.07) is 7.75. The highest BCUT2D eigenvalue weighted by molar-refractivity contribution is 9.10. The lowest BCUT2D eigenvalue weighted by Crippen LogP contribution is -2.51. The van der Waals surface area contributed by atoms with E-state index in [0.29, 0.717) is 13.1 Å². The van der Waals surface area contributed by atoms with Crippen LogP contribution in [0.3, 0.4) is 0 Å². The van der Waals surface area contributed by atoms with Gasteiger partial charge >= 0.3 is 0 Å². The van der Waals surface area contributed by atoms with Crippen molar-refractivity contribution in [3.05, 3.63) is 34.3 Å². The van der Waals surface area contributed by atoms with Gasteiger partial charge in [0.05, 0.1) is 11.7 Å². The summed E-state index contributed by atoms with van der Waals surface area (Å²) in [5.41, 5.74) is 0.645. The normalized spacial score (nSPS) is 23.6. The molecule has 1 saturated heterocycles. The number of hydrogen-bond donors (Lipinski definition) is 1. The second-order valence-corrected chi connectivity index (χ2v) is 9.27. The molecule has 1 saturated carbocycles. The molecule has 0 spiro atoms. The third-order valence-electron chi connectivity index (χ3n) is 4.63. The summed E-state index contributed by atoms with van der Waals surface area (Å²) in [5, 5.41) is 0. The van der Waals surface area contributed by atoms with Gasteiger partial charge in [-0.05, 0) is 43.4 Å². The molecule has 3 rings (SSSR count). The predicted molar refractivity (Wildman–Crippen MR) is 92.6 cm³/mol. The molecule has 1 unspecified atom stereocenters. The van der Waals surface area contributed by atoms with Crippen LogP contribution in [-0.4, -0.2) is 44.6 Å². The van der Waals surface area contributed by atoms with Crippen molar-refractivity contribution in [2.24, 2.45) is 0 Å². The lowest BCUT2D eigenvalue weighted by molar-refractivity contribution is -0.135. The van der Waals surface area contributed by atoms with Gasteiger partial charge in [-0.2, -0.15) is 0 Å². The molecule has 2 aliphatic rings. The molecule has 23 heavy (non-hydrogen) atoms. The molecule has 1 aromatic carbocycles. The fourth-order valence-electron chi connectivity index (χ4n) is 3.40. The van der Waals surface area contributed by atoms with Gasteiger partial charge in [-0.1, -0.05) is 28.1 Å². The molecule has 1 N–H and O–H groups in total. The maximum Gasteiger partial charge on any atom is 0.233 e. The van der Waals surface area contributed by atoms with Crippen molar-refractivity contribution in [3.63, 3.8) is 0 Å². The fraction of sp³-hybridized carbons (Fsp3) is 0.562. The lowest BCUT2D eigenvalue weighted by atomic mass is 9.93. The molecule has 126 valence electrons. The van der Waals surface area contributed by atoms with Crippen molar-refractivity contribution in [1.29, 1.82) is 0 Å². The maximum atomic E-state index is 13.0. The highest BCUT2D eigenvalue weighted by Gasteiger charge is 2.53. The summed E-state index contributed by atoms with van der Waals surface area (Å²) in [7, 11) is -3.24. The lowest BCUT2D eigenvalue weighted by Gasteiger charge is -2.35. The Labute approximate surface area is 145 Å². The number of carbonyl (C=O) groups excluding carboxylic acids is 1. The number of likely N-dealkylation sites (tertiary alicyclic amines) is 1. The van der Waals surface area contributed by atoms with E-state index in [0.717, 1.165) is 42.0 Å². The van der Waals surface area contributed by atoms with E-state index in [-0.39, 0.29) is 11.9 Å². The van der Waals surface area contributed by atoms with Crippen LogP contribution in [0.25, 0.3) is 0 Å². The summed E-state index contributed by atoms with van der Waals surface area (Å²) in [6.07, 6.45) is 4.50. The Kier molecular flexibility index (Phi) is 4.55. The summed E-state index contributed by atoms with van der Waals surface area (Å²) < 4.78 is 26.5. The number of rotatable bonds is 4. The molecule has 2 fully saturated rings. The number of benzene rings is 1. The van der Waals surface area contributed by atoms with Crippen LogP contribution in [0, 0.1) is 0 Å². The Bertz CT molecular complexity index is 716. The summed E-state index contributed by atoms with van der Waals surface area (Å²) in [6.45, 7) is 1.16.